The van der Waals surface area contributed by atoms with E-state index in [2.05, 4.69) is 21.2 Å². The topological polar surface area (TPSA) is 66.5 Å². The van der Waals surface area contributed by atoms with Gasteiger partial charge in [-0.05, 0) is 61.7 Å². The fourth-order valence-electron chi connectivity index (χ4n) is 3.78. The molecule has 1 amide bonds. The highest BCUT2D eigenvalue weighted by molar-refractivity contribution is 9.10. The van der Waals surface area contributed by atoms with Gasteiger partial charge < -0.3 is 5.32 Å². The van der Waals surface area contributed by atoms with Crippen LogP contribution in [0.3, 0.4) is 0 Å². The van der Waals surface area contributed by atoms with Crippen molar-refractivity contribution in [3.8, 4) is 0 Å². The van der Waals surface area contributed by atoms with Crippen LogP contribution in [0.2, 0.25) is 0 Å². The van der Waals surface area contributed by atoms with E-state index in [4.69, 9.17) is 0 Å². The quantitative estimate of drug-likeness (QED) is 0.599. The van der Waals surface area contributed by atoms with Crippen LogP contribution in [0.1, 0.15) is 50.6 Å². The number of hydrogen-bond donors (Lipinski definition) is 1. The van der Waals surface area contributed by atoms with Crippen molar-refractivity contribution in [2.45, 2.75) is 56.0 Å². The summed E-state index contributed by atoms with van der Waals surface area (Å²) in [5.41, 5.74) is 0.928. The molecule has 3 rings (SSSR count). The molecule has 2 aromatic rings. The SMILES string of the molecule is CC(NC(=O)CN(C1CCCCC1)S(=O)(=O)c1ccc(F)cc1)c1ccc(Br)cc1. The Bertz CT molecular complexity index is 959. The summed E-state index contributed by atoms with van der Waals surface area (Å²) in [7, 11) is -3.92. The molecule has 0 spiro atoms. The highest BCUT2D eigenvalue weighted by Gasteiger charge is 2.34. The lowest BCUT2D eigenvalue weighted by atomic mass is 9.95. The van der Waals surface area contributed by atoms with E-state index >= 15 is 0 Å². The standard InChI is InChI=1S/C22H26BrFN2O3S/c1-16(17-7-9-18(23)10-8-17)25-22(27)15-26(20-5-3-2-4-6-20)30(28,29)21-13-11-19(24)12-14-21/h7-14,16,20H,2-6,15H2,1H3,(H,25,27). The van der Waals surface area contributed by atoms with Gasteiger partial charge in [-0.3, -0.25) is 4.79 Å². The molecule has 5 nitrogen and oxygen atoms in total. The maximum atomic E-state index is 13.3. The van der Waals surface area contributed by atoms with Gasteiger partial charge in [0, 0.05) is 10.5 Å². The Balaban J connectivity index is 1.79. The second-order valence-electron chi connectivity index (χ2n) is 7.64. The van der Waals surface area contributed by atoms with Gasteiger partial charge in [0.25, 0.3) is 0 Å². The van der Waals surface area contributed by atoms with E-state index in [0.29, 0.717) is 0 Å². The molecule has 0 heterocycles. The summed E-state index contributed by atoms with van der Waals surface area (Å²) in [6.07, 6.45) is 4.35. The Hall–Kier alpha value is -1.77. The van der Waals surface area contributed by atoms with Crippen LogP contribution in [0.4, 0.5) is 4.39 Å². The zero-order valence-corrected chi connectivity index (χ0v) is 19.3. The number of carbonyl (C=O) groups excluding carboxylic acids is 1. The number of carbonyl (C=O) groups is 1. The van der Waals surface area contributed by atoms with Crippen molar-refractivity contribution in [2.75, 3.05) is 6.54 Å². The summed E-state index contributed by atoms with van der Waals surface area (Å²) < 4.78 is 42.1. The third-order valence-electron chi connectivity index (χ3n) is 5.45. The summed E-state index contributed by atoms with van der Waals surface area (Å²) in [6.45, 7) is 1.60. The molecule has 1 fully saturated rings. The van der Waals surface area contributed by atoms with Gasteiger partial charge in [-0.1, -0.05) is 47.3 Å². The van der Waals surface area contributed by atoms with Crippen LogP contribution in [0.5, 0.6) is 0 Å². The van der Waals surface area contributed by atoms with Crippen molar-refractivity contribution >= 4 is 31.9 Å². The number of nitrogens with zero attached hydrogens (tertiary/aromatic N) is 1. The molecule has 0 saturated heterocycles. The van der Waals surface area contributed by atoms with Gasteiger partial charge in [0.05, 0.1) is 17.5 Å². The second kappa shape index (κ2) is 10.0. The normalized spacial score (nSPS) is 16.4. The van der Waals surface area contributed by atoms with E-state index in [9.17, 15) is 17.6 Å². The second-order valence-corrected chi connectivity index (χ2v) is 10.4. The third-order valence-corrected chi connectivity index (χ3v) is 7.89. The minimum absolute atomic E-state index is 0.00299. The predicted molar refractivity (Wildman–Crippen MR) is 118 cm³/mol. The molecule has 0 aliphatic heterocycles. The molecule has 1 atom stereocenters. The number of benzene rings is 2. The van der Waals surface area contributed by atoms with Gasteiger partial charge in [-0.15, -0.1) is 0 Å². The number of amides is 1. The first-order chi connectivity index (χ1) is 14.3. The lowest BCUT2D eigenvalue weighted by Crippen LogP contribution is -2.47. The van der Waals surface area contributed by atoms with Gasteiger partial charge >= 0.3 is 0 Å². The van der Waals surface area contributed by atoms with E-state index in [0.717, 1.165) is 54.3 Å². The molecular weight excluding hydrogens is 471 g/mol. The molecule has 30 heavy (non-hydrogen) atoms. The number of halogens is 2. The largest absolute Gasteiger partial charge is 0.348 e. The van der Waals surface area contributed by atoms with E-state index in [1.807, 2.05) is 31.2 Å². The highest BCUT2D eigenvalue weighted by atomic mass is 79.9. The van der Waals surface area contributed by atoms with Crippen molar-refractivity contribution in [1.29, 1.82) is 0 Å². The van der Waals surface area contributed by atoms with Crippen molar-refractivity contribution in [1.82, 2.24) is 9.62 Å². The molecule has 8 heteroatoms. The van der Waals surface area contributed by atoms with Crippen molar-refractivity contribution in [2.24, 2.45) is 0 Å². The van der Waals surface area contributed by atoms with Crippen LogP contribution in [0.25, 0.3) is 0 Å². The first-order valence-electron chi connectivity index (χ1n) is 10.1. The third kappa shape index (κ3) is 5.68. The van der Waals surface area contributed by atoms with Crippen LogP contribution >= 0.6 is 15.9 Å². The first kappa shape index (κ1) is 22.9. The van der Waals surface area contributed by atoms with Crippen LogP contribution < -0.4 is 5.32 Å². The van der Waals surface area contributed by atoms with Gasteiger partial charge in [-0.2, -0.15) is 4.31 Å². The molecule has 1 N–H and O–H groups in total. The minimum Gasteiger partial charge on any atom is -0.348 e. The Labute approximate surface area is 185 Å². The van der Waals surface area contributed by atoms with Gasteiger partial charge in [0.15, 0.2) is 0 Å². The molecule has 2 aromatic carbocycles. The molecular formula is C22H26BrFN2O3S. The van der Waals surface area contributed by atoms with Gasteiger partial charge in [0.1, 0.15) is 5.82 Å². The van der Waals surface area contributed by atoms with Crippen LogP contribution in [-0.2, 0) is 14.8 Å². The Morgan fingerprint density at radius 1 is 1.10 bits per heavy atom. The maximum absolute atomic E-state index is 13.3. The predicted octanol–water partition coefficient (Wildman–Crippen LogP) is 4.79. The molecule has 1 aliphatic rings. The highest BCUT2D eigenvalue weighted by Crippen LogP contribution is 2.28. The van der Waals surface area contributed by atoms with Crippen LogP contribution in [0, 0.1) is 5.82 Å². The molecule has 162 valence electrons. The molecule has 0 radical (unpaired) electrons. The summed E-state index contributed by atoms with van der Waals surface area (Å²) in [6, 6.07) is 11.9. The molecule has 1 unspecified atom stereocenters. The summed E-state index contributed by atoms with van der Waals surface area (Å²) in [5, 5.41) is 2.90. The van der Waals surface area contributed by atoms with E-state index in [1.54, 1.807) is 0 Å². The molecule has 1 saturated carbocycles. The minimum atomic E-state index is -3.92. The monoisotopic (exact) mass is 496 g/mol. The summed E-state index contributed by atoms with van der Waals surface area (Å²) in [4.78, 5) is 12.8. The average molecular weight is 497 g/mol. The summed E-state index contributed by atoms with van der Waals surface area (Å²) >= 11 is 3.39. The van der Waals surface area contributed by atoms with Gasteiger partial charge in [-0.25, -0.2) is 12.8 Å². The Kier molecular flexibility index (Phi) is 7.65. The fraction of sp³-hybridized carbons (Fsp3) is 0.409. The maximum Gasteiger partial charge on any atom is 0.243 e. The fourth-order valence-corrected chi connectivity index (χ4v) is 5.69. The van der Waals surface area contributed by atoms with E-state index in [-0.39, 0.29) is 29.4 Å². The zero-order chi connectivity index (χ0) is 21.7. The lowest BCUT2D eigenvalue weighted by molar-refractivity contribution is -0.122. The first-order valence-corrected chi connectivity index (χ1v) is 12.3. The van der Waals surface area contributed by atoms with Gasteiger partial charge in [0.2, 0.25) is 15.9 Å². The molecule has 1 aliphatic carbocycles. The van der Waals surface area contributed by atoms with E-state index in [1.165, 1.54) is 16.4 Å². The van der Waals surface area contributed by atoms with Crippen molar-refractivity contribution in [3.63, 3.8) is 0 Å². The summed E-state index contributed by atoms with van der Waals surface area (Å²) in [5.74, 6) is -0.860. The van der Waals surface area contributed by atoms with Crippen molar-refractivity contribution in [3.05, 3.63) is 64.4 Å². The zero-order valence-electron chi connectivity index (χ0n) is 16.9. The number of sulfonamides is 1. The molecule has 0 aromatic heterocycles. The Morgan fingerprint density at radius 3 is 2.30 bits per heavy atom. The van der Waals surface area contributed by atoms with Crippen LogP contribution in [0.15, 0.2) is 57.9 Å². The molecule has 0 bridgehead atoms. The average Bonchev–Trinajstić information content (AvgIpc) is 2.73. The number of rotatable bonds is 7. The van der Waals surface area contributed by atoms with Crippen LogP contribution in [-0.4, -0.2) is 31.2 Å². The van der Waals surface area contributed by atoms with E-state index < -0.39 is 15.8 Å². The Morgan fingerprint density at radius 2 is 1.70 bits per heavy atom. The van der Waals surface area contributed by atoms with Crippen molar-refractivity contribution < 1.29 is 17.6 Å². The number of nitrogens with one attached hydrogen (secondary N) is 1. The number of hydrogen-bond acceptors (Lipinski definition) is 3. The lowest BCUT2D eigenvalue weighted by Gasteiger charge is -2.33. The smallest absolute Gasteiger partial charge is 0.243 e.